The van der Waals surface area contributed by atoms with Gasteiger partial charge in [-0.3, -0.25) is 4.90 Å². The lowest BCUT2D eigenvalue weighted by Crippen LogP contribution is -2.37. The minimum absolute atomic E-state index is 0.230. The van der Waals surface area contributed by atoms with E-state index in [1.54, 1.807) is 4.90 Å². The van der Waals surface area contributed by atoms with Crippen molar-refractivity contribution in [2.45, 2.75) is 19.3 Å². The number of hydrogen-bond acceptors (Lipinski definition) is 3. The predicted molar refractivity (Wildman–Crippen MR) is 66.6 cm³/mol. The molecule has 1 aromatic rings. The molecule has 0 unspecified atom stereocenters. The number of hydrogen-bond donors (Lipinski definition) is 1. The number of carbonyl (C=O) groups is 1. The Morgan fingerprint density at radius 2 is 2.24 bits per heavy atom. The molecule has 0 radical (unpaired) electrons. The van der Waals surface area contributed by atoms with Gasteiger partial charge in [0.25, 0.3) is 0 Å². The van der Waals surface area contributed by atoms with Gasteiger partial charge in [-0.2, -0.15) is 0 Å². The highest BCUT2D eigenvalue weighted by atomic mass is 16.6. The van der Waals surface area contributed by atoms with Gasteiger partial charge in [0, 0.05) is 24.5 Å². The maximum absolute atomic E-state index is 11.6. The lowest BCUT2D eigenvalue weighted by atomic mass is 10.0. The number of nitrogens with zero attached hydrogens (tertiary/aromatic N) is 1. The van der Waals surface area contributed by atoms with Crippen LogP contribution in [0, 0.1) is 0 Å². The Balaban J connectivity index is 1.89. The van der Waals surface area contributed by atoms with Crippen LogP contribution in [0.1, 0.15) is 18.4 Å². The Kier molecular flexibility index (Phi) is 2.63. The average molecular weight is 232 g/mol. The van der Waals surface area contributed by atoms with E-state index in [4.69, 9.17) is 4.74 Å². The van der Waals surface area contributed by atoms with Crippen LogP contribution in [0.15, 0.2) is 18.2 Å². The normalized spacial score (nSPS) is 19.3. The summed E-state index contributed by atoms with van der Waals surface area (Å²) in [6.07, 6.45) is 2.97. The number of aryl methyl sites for hydroxylation is 1. The molecule has 0 bridgehead atoms. The van der Waals surface area contributed by atoms with Crippen molar-refractivity contribution in [1.29, 1.82) is 0 Å². The van der Waals surface area contributed by atoms with Crippen LogP contribution >= 0.6 is 0 Å². The number of amides is 1. The maximum atomic E-state index is 11.6. The molecule has 1 amide bonds. The zero-order valence-corrected chi connectivity index (χ0v) is 9.74. The third kappa shape index (κ3) is 1.95. The third-order valence-corrected chi connectivity index (χ3v) is 3.32. The Morgan fingerprint density at radius 1 is 1.29 bits per heavy atom. The van der Waals surface area contributed by atoms with Crippen LogP contribution in [0.2, 0.25) is 0 Å². The Hall–Kier alpha value is -1.71. The van der Waals surface area contributed by atoms with E-state index in [0.717, 1.165) is 37.3 Å². The Morgan fingerprint density at radius 3 is 3.12 bits per heavy atom. The van der Waals surface area contributed by atoms with Crippen molar-refractivity contribution < 1.29 is 9.53 Å². The van der Waals surface area contributed by atoms with Crippen LogP contribution in [0.3, 0.4) is 0 Å². The van der Waals surface area contributed by atoms with Gasteiger partial charge in [0.2, 0.25) is 0 Å². The van der Waals surface area contributed by atoms with Crippen LogP contribution in [-0.2, 0) is 11.2 Å². The van der Waals surface area contributed by atoms with Crippen molar-refractivity contribution >= 4 is 17.5 Å². The molecule has 0 aliphatic carbocycles. The first-order valence-electron chi connectivity index (χ1n) is 6.16. The number of rotatable bonds is 1. The molecule has 0 saturated carbocycles. The average Bonchev–Trinajstić information content (AvgIpc) is 2.39. The number of ether oxygens (including phenoxy) is 1. The van der Waals surface area contributed by atoms with E-state index in [1.807, 2.05) is 6.07 Å². The van der Waals surface area contributed by atoms with E-state index in [9.17, 15) is 4.79 Å². The second kappa shape index (κ2) is 4.28. The summed E-state index contributed by atoms with van der Waals surface area (Å²) in [6, 6.07) is 6.18. The lowest BCUT2D eigenvalue weighted by molar-refractivity contribution is 0.140. The first-order valence-corrected chi connectivity index (χ1v) is 6.16. The second-order valence-corrected chi connectivity index (χ2v) is 4.49. The molecule has 4 nitrogen and oxygen atoms in total. The van der Waals surface area contributed by atoms with Crippen molar-refractivity contribution in [2.24, 2.45) is 0 Å². The molecule has 1 N–H and O–H groups in total. The molecule has 0 spiro atoms. The first-order chi connectivity index (χ1) is 8.34. The largest absolute Gasteiger partial charge is 0.449 e. The first kappa shape index (κ1) is 10.4. The molecule has 4 heteroatoms. The Labute approximate surface area is 101 Å². The predicted octanol–water partition coefficient (Wildman–Crippen LogP) is 2.39. The summed E-state index contributed by atoms with van der Waals surface area (Å²) in [7, 11) is 0. The number of cyclic esters (lactones) is 1. The minimum Gasteiger partial charge on any atom is -0.449 e. The van der Waals surface area contributed by atoms with Gasteiger partial charge in [0.15, 0.2) is 0 Å². The number of fused-ring (bicyclic) bond motifs is 1. The zero-order chi connectivity index (χ0) is 11.7. The van der Waals surface area contributed by atoms with E-state index in [-0.39, 0.29) is 6.09 Å². The summed E-state index contributed by atoms with van der Waals surface area (Å²) >= 11 is 0. The van der Waals surface area contributed by atoms with Gasteiger partial charge < -0.3 is 10.1 Å². The molecule has 0 aromatic heterocycles. The topological polar surface area (TPSA) is 41.6 Å². The SMILES string of the molecule is O=C1OCCCN1c1ccc2c(c1)NCCC2. The standard InChI is InChI=1S/C13H16N2O2/c16-13-15(7-2-8-17-13)11-5-4-10-3-1-6-14-12(10)9-11/h4-5,9,14H,1-3,6-8H2. The molecule has 90 valence electrons. The molecule has 1 aromatic carbocycles. The smallest absolute Gasteiger partial charge is 0.414 e. The third-order valence-electron chi connectivity index (χ3n) is 3.32. The monoisotopic (exact) mass is 232 g/mol. The van der Waals surface area contributed by atoms with Crippen LogP contribution in [0.25, 0.3) is 0 Å². The highest BCUT2D eigenvalue weighted by Gasteiger charge is 2.22. The molecular formula is C13H16N2O2. The van der Waals surface area contributed by atoms with Crippen molar-refractivity contribution in [3.05, 3.63) is 23.8 Å². The van der Waals surface area contributed by atoms with E-state index in [0.29, 0.717) is 6.61 Å². The second-order valence-electron chi connectivity index (χ2n) is 4.49. The molecule has 2 aliphatic heterocycles. The minimum atomic E-state index is -0.230. The highest BCUT2D eigenvalue weighted by molar-refractivity contribution is 5.89. The molecule has 1 saturated heterocycles. The number of benzene rings is 1. The maximum Gasteiger partial charge on any atom is 0.414 e. The summed E-state index contributed by atoms with van der Waals surface area (Å²) in [5.74, 6) is 0. The van der Waals surface area contributed by atoms with Gasteiger partial charge in [-0.1, -0.05) is 6.07 Å². The van der Waals surface area contributed by atoms with Crippen molar-refractivity contribution in [1.82, 2.24) is 0 Å². The molecule has 2 heterocycles. The van der Waals surface area contributed by atoms with Crippen molar-refractivity contribution in [2.75, 3.05) is 29.9 Å². The van der Waals surface area contributed by atoms with Gasteiger partial charge >= 0.3 is 6.09 Å². The van der Waals surface area contributed by atoms with Crippen LogP contribution < -0.4 is 10.2 Å². The van der Waals surface area contributed by atoms with Crippen LogP contribution in [0.5, 0.6) is 0 Å². The lowest BCUT2D eigenvalue weighted by Gasteiger charge is -2.28. The highest BCUT2D eigenvalue weighted by Crippen LogP contribution is 2.28. The quantitative estimate of drug-likeness (QED) is 0.808. The summed E-state index contributed by atoms with van der Waals surface area (Å²) in [4.78, 5) is 13.4. The molecule has 1 fully saturated rings. The Bertz CT molecular complexity index is 445. The molecule has 17 heavy (non-hydrogen) atoms. The number of carbonyl (C=O) groups excluding carboxylic acids is 1. The van der Waals surface area contributed by atoms with E-state index in [2.05, 4.69) is 17.4 Å². The fourth-order valence-corrected chi connectivity index (χ4v) is 2.40. The summed E-state index contributed by atoms with van der Waals surface area (Å²) in [5, 5.41) is 3.38. The van der Waals surface area contributed by atoms with Gasteiger partial charge in [-0.05, 0) is 37.0 Å². The van der Waals surface area contributed by atoms with Gasteiger partial charge in [-0.25, -0.2) is 4.79 Å². The van der Waals surface area contributed by atoms with Crippen molar-refractivity contribution in [3.8, 4) is 0 Å². The van der Waals surface area contributed by atoms with Crippen LogP contribution in [0.4, 0.5) is 16.2 Å². The molecule has 3 rings (SSSR count). The molecule has 2 aliphatic rings. The summed E-state index contributed by atoms with van der Waals surface area (Å²) < 4.78 is 5.06. The van der Waals surface area contributed by atoms with Gasteiger partial charge in [-0.15, -0.1) is 0 Å². The van der Waals surface area contributed by atoms with Crippen molar-refractivity contribution in [3.63, 3.8) is 0 Å². The van der Waals surface area contributed by atoms with Crippen LogP contribution in [-0.4, -0.2) is 25.8 Å². The fourth-order valence-electron chi connectivity index (χ4n) is 2.40. The van der Waals surface area contributed by atoms with Gasteiger partial charge in [0.05, 0.1) is 6.61 Å². The number of nitrogens with one attached hydrogen (secondary N) is 1. The molecule has 0 atom stereocenters. The van der Waals surface area contributed by atoms with E-state index in [1.165, 1.54) is 12.0 Å². The molecular weight excluding hydrogens is 216 g/mol. The van der Waals surface area contributed by atoms with E-state index >= 15 is 0 Å². The van der Waals surface area contributed by atoms with Gasteiger partial charge in [0.1, 0.15) is 0 Å². The number of anilines is 2. The fraction of sp³-hybridized carbons (Fsp3) is 0.462. The zero-order valence-electron chi connectivity index (χ0n) is 9.74. The summed E-state index contributed by atoms with van der Waals surface area (Å²) in [6.45, 7) is 2.30. The summed E-state index contributed by atoms with van der Waals surface area (Å²) in [5.41, 5.74) is 3.43. The van der Waals surface area contributed by atoms with E-state index < -0.39 is 0 Å².